The van der Waals surface area contributed by atoms with Crippen molar-refractivity contribution < 1.29 is 5.11 Å². The van der Waals surface area contributed by atoms with Gasteiger partial charge in [0.25, 0.3) is 0 Å². The number of hydrogen-bond acceptors (Lipinski definition) is 4. The van der Waals surface area contributed by atoms with E-state index in [0.29, 0.717) is 0 Å². The molecule has 5 nitrogen and oxygen atoms in total. The Balaban J connectivity index is 2.37. The van der Waals surface area contributed by atoms with Crippen LogP contribution in [0.1, 0.15) is 19.9 Å². The molecule has 2 aromatic heterocycles. The molecule has 0 aliphatic heterocycles. The van der Waals surface area contributed by atoms with Crippen LogP contribution >= 0.6 is 15.9 Å². The molecule has 2 heterocycles. The fourth-order valence-electron chi connectivity index (χ4n) is 2.62. The van der Waals surface area contributed by atoms with E-state index in [4.69, 9.17) is 0 Å². The van der Waals surface area contributed by atoms with Crippen LogP contribution in [0.25, 0.3) is 22.2 Å². The second-order valence-corrected chi connectivity index (χ2v) is 6.33. The van der Waals surface area contributed by atoms with Crippen LogP contribution in [0, 0.1) is 0 Å². The molecule has 6 heteroatoms. The van der Waals surface area contributed by atoms with Gasteiger partial charge in [-0.1, -0.05) is 15.9 Å². The van der Waals surface area contributed by atoms with Gasteiger partial charge in [0.2, 0.25) is 0 Å². The Morgan fingerprint density at radius 2 is 2.00 bits per heavy atom. The molecular weight excluding hydrogens is 344 g/mol. The minimum Gasteiger partial charge on any atom is -0.508 e. The van der Waals surface area contributed by atoms with E-state index < -0.39 is 0 Å². The SMILES string of the molecule is CNc1ncnc2c1c(-c1cc(O)cc(Br)c1)cn2C(C)C. The number of rotatable bonds is 3. The molecule has 0 amide bonds. The van der Waals surface area contributed by atoms with Crippen molar-refractivity contribution >= 4 is 32.8 Å². The van der Waals surface area contributed by atoms with Crippen LogP contribution in [0.2, 0.25) is 0 Å². The standard InChI is InChI=1S/C16H17BrN4O/c1-9(2)21-7-13(10-4-11(17)6-12(22)5-10)14-15(18-3)19-8-20-16(14)21/h4-9,22H,1-3H3,(H,18,19,20). The van der Waals surface area contributed by atoms with Gasteiger partial charge < -0.3 is 15.0 Å². The summed E-state index contributed by atoms with van der Waals surface area (Å²) in [5, 5.41) is 14.0. The monoisotopic (exact) mass is 360 g/mol. The Morgan fingerprint density at radius 3 is 2.64 bits per heavy atom. The molecule has 2 N–H and O–H groups in total. The van der Waals surface area contributed by atoms with Gasteiger partial charge >= 0.3 is 0 Å². The molecular formula is C16H17BrN4O. The Kier molecular flexibility index (Phi) is 3.78. The van der Waals surface area contributed by atoms with Gasteiger partial charge in [-0.05, 0) is 37.6 Å². The van der Waals surface area contributed by atoms with E-state index in [9.17, 15) is 5.11 Å². The van der Waals surface area contributed by atoms with Crippen LogP contribution in [-0.4, -0.2) is 26.7 Å². The lowest BCUT2D eigenvalue weighted by Gasteiger charge is -2.08. The average molecular weight is 361 g/mol. The zero-order chi connectivity index (χ0) is 15.9. The fraction of sp³-hybridized carbons (Fsp3) is 0.250. The van der Waals surface area contributed by atoms with Crippen molar-refractivity contribution in [3.63, 3.8) is 0 Å². The van der Waals surface area contributed by atoms with Crippen LogP contribution in [0.3, 0.4) is 0 Å². The molecule has 0 saturated carbocycles. The minimum atomic E-state index is 0.220. The van der Waals surface area contributed by atoms with Crippen molar-refractivity contribution in [2.45, 2.75) is 19.9 Å². The number of hydrogen-bond donors (Lipinski definition) is 2. The largest absolute Gasteiger partial charge is 0.508 e. The topological polar surface area (TPSA) is 63.0 Å². The quantitative estimate of drug-likeness (QED) is 0.734. The smallest absolute Gasteiger partial charge is 0.146 e. The van der Waals surface area contributed by atoms with Crippen molar-refractivity contribution in [1.82, 2.24) is 14.5 Å². The number of fused-ring (bicyclic) bond motifs is 1. The number of nitrogens with zero attached hydrogens (tertiary/aromatic N) is 3. The molecule has 0 fully saturated rings. The summed E-state index contributed by atoms with van der Waals surface area (Å²) in [7, 11) is 1.84. The van der Waals surface area contributed by atoms with Crippen LogP contribution < -0.4 is 5.32 Å². The number of benzene rings is 1. The summed E-state index contributed by atoms with van der Waals surface area (Å²) in [6, 6.07) is 5.67. The zero-order valence-electron chi connectivity index (χ0n) is 12.6. The summed E-state index contributed by atoms with van der Waals surface area (Å²) in [5.41, 5.74) is 2.79. The zero-order valence-corrected chi connectivity index (χ0v) is 14.2. The molecule has 22 heavy (non-hydrogen) atoms. The lowest BCUT2D eigenvalue weighted by molar-refractivity contribution is 0.475. The van der Waals surface area contributed by atoms with Gasteiger partial charge in [0, 0.05) is 29.3 Å². The van der Waals surface area contributed by atoms with Crippen molar-refractivity contribution in [1.29, 1.82) is 0 Å². The number of phenolic OH excluding ortho intramolecular Hbond substituents is 1. The molecule has 0 radical (unpaired) electrons. The van der Waals surface area contributed by atoms with E-state index in [0.717, 1.165) is 32.5 Å². The number of halogens is 1. The maximum Gasteiger partial charge on any atom is 0.146 e. The van der Waals surface area contributed by atoms with E-state index in [1.54, 1.807) is 18.5 Å². The Labute approximate surface area is 137 Å². The molecule has 114 valence electrons. The molecule has 3 rings (SSSR count). The van der Waals surface area contributed by atoms with Gasteiger partial charge in [-0.3, -0.25) is 0 Å². The van der Waals surface area contributed by atoms with Crippen molar-refractivity contribution in [2.75, 3.05) is 12.4 Å². The third-order valence-electron chi connectivity index (χ3n) is 3.60. The van der Waals surface area contributed by atoms with Gasteiger partial charge in [0.05, 0.1) is 5.39 Å². The van der Waals surface area contributed by atoms with E-state index in [1.807, 2.05) is 13.1 Å². The van der Waals surface area contributed by atoms with Gasteiger partial charge in [-0.25, -0.2) is 9.97 Å². The van der Waals surface area contributed by atoms with E-state index >= 15 is 0 Å². The lowest BCUT2D eigenvalue weighted by atomic mass is 10.1. The Hall–Kier alpha value is -2.08. The highest BCUT2D eigenvalue weighted by atomic mass is 79.9. The van der Waals surface area contributed by atoms with Crippen molar-refractivity contribution in [3.05, 3.63) is 35.2 Å². The van der Waals surface area contributed by atoms with E-state index in [1.165, 1.54) is 0 Å². The third-order valence-corrected chi connectivity index (χ3v) is 4.05. The van der Waals surface area contributed by atoms with E-state index in [-0.39, 0.29) is 11.8 Å². The maximum atomic E-state index is 9.89. The number of aromatic hydroxyl groups is 1. The summed E-state index contributed by atoms with van der Waals surface area (Å²) >= 11 is 3.43. The number of aromatic nitrogens is 3. The molecule has 1 aromatic carbocycles. The average Bonchev–Trinajstić information content (AvgIpc) is 2.86. The normalized spacial score (nSPS) is 11.3. The van der Waals surface area contributed by atoms with E-state index in [2.05, 4.69) is 55.8 Å². The van der Waals surface area contributed by atoms with Crippen LogP contribution in [0.15, 0.2) is 35.2 Å². The van der Waals surface area contributed by atoms with Gasteiger partial charge in [-0.15, -0.1) is 0 Å². The highest BCUT2D eigenvalue weighted by Gasteiger charge is 2.17. The van der Waals surface area contributed by atoms with Gasteiger partial charge in [-0.2, -0.15) is 0 Å². The summed E-state index contributed by atoms with van der Waals surface area (Å²) in [4.78, 5) is 8.76. The molecule has 0 atom stereocenters. The first-order valence-electron chi connectivity index (χ1n) is 7.04. The summed E-state index contributed by atoms with van der Waals surface area (Å²) in [5.74, 6) is 0.997. The first-order valence-corrected chi connectivity index (χ1v) is 7.83. The maximum absolute atomic E-state index is 9.89. The second kappa shape index (κ2) is 5.61. The second-order valence-electron chi connectivity index (χ2n) is 5.41. The van der Waals surface area contributed by atoms with Crippen molar-refractivity contribution in [3.8, 4) is 16.9 Å². The van der Waals surface area contributed by atoms with Gasteiger partial charge in [0.15, 0.2) is 0 Å². The third kappa shape index (κ3) is 2.43. The predicted octanol–water partition coefficient (Wildman–Crippen LogP) is 4.19. The number of anilines is 1. The van der Waals surface area contributed by atoms with Crippen molar-refractivity contribution in [2.24, 2.45) is 0 Å². The first kappa shape index (κ1) is 14.8. The van der Waals surface area contributed by atoms with Crippen LogP contribution in [0.5, 0.6) is 5.75 Å². The minimum absolute atomic E-state index is 0.220. The molecule has 0 aliphatic rings. The Bertz CT molecular complexity index is 821. The lowest BCUT2D eigenvalue weighted by Crippen LogP contribution is -2.01. The first-order chi connectivity index (χ1) is 10.5. The van der Waals surface area contributed by atoms with Gasteiger partial charge in [0.1, 0.15) is 23.5 Å². The predicted molar refractivity (Wildman–Crippen MR) is 92.3 cm³/mol. The summed E-state index contributed by atoms with van der Waals surface area (Å²) in [6.07, 6.45) is 3.63. The molecule has 0 aliphatic carbocycles. The number of phenols is 1. The number of nitrogens with one attached hydrogen (secondary N) is 1. The highest BCUT2D eigenvalue weighted by molar-refractivity contribution is 9.10. The highest BCUT2D eigenvalue weighted by Crippen LogP contribution is 2.37. The fourth-order valence-corrected chi connectivity index (χ4v) is 3.10. The molecule has 3 aromatic rings. The van der Waals surface area contributed by atoms with Crippen LogP contribution in [0.4, 0.5) is 5.82 Å². The summed E-state index contributed by atoms with van der Waals surface area (Å²) < 4.78 is 2.95. The molecule has 0 bridgehead atoms. The molecule has 0 unspecified atom stereocenters. The molecule has 0 spiro atoms. The van der Waals surface area contributed by atoms with Crippen LogP contribution in [-0.2, 0) is 0 Å². The summed E-state index contributed by atoms with van der Waals surface area (Å²) in [6.45, 7) is 4.23. The Morgan fingerprint density at radius 1 is 1.23 bits per heavy atom. The molecule has 0 saturated heterocycles.